The Labute approximate surface area is 65.0 Å². The van der Waals surface area contributed by atoms with Gasteiger partial charge in [-0.1, -0.05) is 6.08 Å². The molecule has 0 aromatic heterocycles. The molecule has 0 aromatic rings. The highest BCUT2D eigenvalue weighted by Gasteiger charge is 2.59. The van der Waals surface area contributed by atoms with E-state index < -0.39 is 0 Å². The van der Waals surface area contributed by atoms with Crippen molar-refractivity contribution in [1.29, 1.82) is 0 Å². The minimum Gasteiger partial charge on any atom is -0.387 e. The molecule has 2 atom stereocenters. The Balaban J connectivity index is 2.12. The van der Waals surface area contributed by atoms with Crippen LogP contribution in [-0.4, -0.2) is 12.3 Å². The van der Waals surface area contributed by atoms with Crippen molar-refractivity contribution in [3.63, 3.8) is 0 Å². The molecule has 0 radical (unpaired) electrons. The molecule has 1 spiro atoms. The molecule has 3 rings (SSSR count). The summed E-state index contributed by atoms with van der Waals surface area (Å²) in [6, 6.07) is 0. The summed E-state index contributed by atoms with van der Waals surface area (Å²) in [5.74, 6) is 0.906. The highest BCUT2D eigenvalue weighted by atomic mass is 16.1. The van der Waals surface area contributed by atoms with Crippen LogP contribution in [-0.2, 0) is 4.79 Å². The van der Waals surface area contributed by atoms with Crippen LogP contribution < -0.4 is 5.32 Å². The number of nitrogens with one attached hydrogen (secondary N) is 1. The molecular weight excluding hydrogens is 138 g/mol. The van der Waals surface area contributed by atoms with E-state index in [0.717, 1.165) is 18.2 Å². The van der Waals surface area contributed by atoms with Crippen molar-refractivity contribution in [2.75, 3.05) is 6.54 Å². The second-order valence-corrected chi connectivity index (χ2v) is 3.62. The quantitative estimate of drug-likeness (QED) is 0.544. The van der Waals surface area contributed by atoms with Crippen LogP contribution in [0.25, 0.3) is 0 Å². The molecule has 11 heavy (non-hydrogen) atoms. The third-order valence-corrected chi connectivity index (χ3v) is 3.02. The predicted molar refractivity (Wildman–Crippen MR) is 40.8 cm³/mol. The van der Waals surface area contributed by atoms with Gasteiger partial charge in [0.2, 0.25) is 0 Å². The number of allylic oxidation sites excluding steroid dienone is 3. The second-order valence-electron chi connectivity index (χ2n) is 3.62. The van der Waals surface area contributed by atoms with Crippen molar-refractivity contribution in [3.05, 3.63) is 23.9 Å². The molecule has 0 amide bonds. The summed E-state index contributed by atoms with van der Waals surface area (Å²) in [5, 5.41) is 3.27. The lowest BCUT2D eigenvalue weighted by molar-refractivity contribution is -0.110. The van der Waals surface area contributed by atoms with Crippen molar-refractivity contribution < 1.29 is 4.79 Å². The van der Waals surface area contributed by atoms with E-state index in [4.69, 9.17) is 0 Å². The van der Waals surface area contributed by atoms with E-state index in [1.807, 2.05) is 0 Å². The third kappa shape index (κ3) is 0.516. The Morgan fingerprint density at radius 3 is 3.36 bits per heavy atom. The van der Waals surface area contributed by atoms with Gasteiger partial charge in [0, 0.05) is 23.7 Å². The van der Waals surface area contributed by atoms with Crippen LogP contribution in [0.5, 0.6) is 0 Å². The van der Waals surface area contributed by atoms with E-state index >= 15 is 0 Å². The van der Waals surface area contributed by atoms with Gasteiger partial charge in [0.05, 0.1) is 0 Å². The summed E-state index contributed by atoms with van der Waals surface area (Å²) in [5.41, 5.74) is 1.45. The summed E-state index contributed by atoms with van der Waals surface area (Å²) in [6.45, 7) is 1.06. The van der Waals surface area contributed by atoms with Gasteiger partial charge in [0.15, 0.2) is 5.78 Å². The van der Waals surface area contributed by atoms with Gasteiger partial charge in [-0.25, -0.2) is 0 Å². The standard InChI is InChI=1S/C9H9NO/c11-7-1-2-9-4-6(9)5-10-8(9)3-7/h1-3,6,10H,4-5H2/t6-,9-/m1/s1. The molecule has 1 aliphatic heterocycles. The fraction of sp³-hybridized carbons (Fsp3) is 0.444. The zero-order valence-corrected chi connectivity index (χ0v) is 6.13. The average Bonchev–Trinajstić information content (AvgIpc) is 2.60. The van der Waals surface area contributed by atoms with Crippen LogP contribution in [0.1, 0.15) is 6.42 Å². The average molecular weight is 147 g/mol. The van der Waals surface area contributed by atoms with Crippen LogP contribution >= 0.6 is 0 Å². The number of piperidine rings is 1. The first-order valence-electron chi connectivity index (χ1n) is 4.00. The molecule has 2 aliphatic carbocycles. The van der Waals surface area contributed by atoms with Crippen molar-refractivity contribution >= 4 is 5.78 Å². The molecule has 2 heteroatoms. The summed E-state index contributed by atoms with van der Waals surface area (Å²) in [7, 11) is 0. The zero-order valence-electron chi connectivity index (χ0n) is 6.13. The number of ketones is 1. The number of hydrogen-bond donors (Lipinski definition) is 1. The van der Waals surface area contributed by atoms with Crippen molar-refractivity contribution in [1.82, 2.24) is 5.32 Å². The summed E-state index contributed by atoms with van der Waals surface area (Å²) < 4.78 is 0. The first-order valence-corrected chi connectivity index (χ1v) is 4.00. The number of carbonyl (C=O) groups excluding carboxylic acids is 1. The van der Waals surface area contributed by atoms with Crippen LogP contribution in [0.4, 0.5) is 0 Å². The Bertz CT molecular complexity index is 303. The van der Waals surface area contributed by atoms with Gasteiger partial charge in [0.1, 0.15) is 0 Å². The van der Waals surface area contributed by atoms with Gasteiger partial charge in [-0.2, -0.15) is 0 Å². The lowest BCUT2D eigenvalue weighted by Crippen LogP contribution is -2.16. The first-order chi connectivity index (χ1) is 5.31. The first kappa shape index (κ1) is 5.58. The van der Waals surface area contributed by atoms with Crippen LogP contribution in [0.3, 0.4) is 0 Å². The Hall–Kier alpha value is -1.05. The number of carbonyl (C=O) groups is 1. The maximum atomic E-state index is 11.0. The van der Waals surface area contributed by atoms with Crippen molar-refractivity contribution in [2.45, 2.75) is 6.42 Å². The Morgan fingerprint density at radius 2 is 2.55 bits per heavy atom. The number of rotatable bonds is 0. The normalized spacial score (nSPS) is 44.2. The van der Waals surface area contributed by atoms with Gasteiger partial charge in [-0.3, -0.25) is 4.79 Å². The molecular formula is C9H9NO. The monoisotopic (exact) mass is 147 g/mol. The number of hydrogen-bond acceptors (Lipinski definition) is 2. The van der Waals surface area contributed by atoms with E-state index in [0.29, 0.717) is 0 Å². The molecule has 1 heterocycles. The van der Waals surface area contributed by atoms with E-state index in [1.54, 1.807) is 12.2 Å². The van der Waals surface area contributed by atoms with Crippen LogP contribution in [0.2, 0.25) is 0 Å². The molecule has 0 bridgehead atoms. The fourth-order valence-corrected chi connectivity index (χ4v) is 2.23. The minimum atomic E-state index is 0.130. The molecule has 2 fully saturated rings. The Kier molecular flexibility index (Phi) is 0.721. The molecule has 1 saturated carbocycles. The highest BCUT2D eigenvalue weighted by molar-refractivity contribution is 6.01. The van der Waals surface area contributed by atoms with Gasteiger partial charge < -0.3 is 5.32 Å². The van der Waals surface area contributed by atoms with Crippen LogP contribution in [0.15, 0.2) is 23.9 Å². The predicted octanol–water partition coefficient (Wildman–Crippen LogP) is 0.619. The van der Waals surface area contributed by atoms with Crippen molar-refractivity contribution in [2.24, 2.45) is 11.3 Å². The maximum Gasteiger partial charge on any atom is 0.180 e. The fourth-order valence-electron chi connectivity index (χ4n) is 2.23. The lowest BCUT2D eigenvalue weighted by atomic mass is 9.96. The molecule has 1 saturated heterocycles. The molecule has 56 valence electrons. The van der Waals surface area contributed by atoms with Gasteiger partial charge >= 0.3 is 0 Å². The van der Waals surface area contributed by atoms with E-state index in [9.17, 15) is 4.79 Å². The summed E-state index contributed by atoms with van der Waals surface area (Å²) in [4.78, 5) is 11.0. The smallest absolute Gasteiger partial charge is 0.180 e. The zero-order chi connectivity index (χ0) is 7.47. The molecule has 0 aromatic carbocycles. The second kappa shape index (κ2) is 1.42. The summed E-state index contributed by atoms with van der Waals surface area (Å²) in [6.07, 6.45) is 6.77. The van der Waals surface area contributed by atoms with Gasteiger partial charge in [-0.05, 0) is 18.4 Å². The topological polar surface area (TPSA) is 29.1 Å². The SMILES string of the molecule is O=C1C=C[C@@]23C[C@@H]2CNC3=C1. The summed E-state index contributed by atoms with van der Waals surface area (Å²) >= 11 is 0. The largest absolute Gasteiger partial charge is 0.387 e. The van der Waals surface area contributed by atoms with E-state index in [2.05, 4.69) is 11.4 Å². The van der Waals surface area contributed by atoms with Crippen LogP contribution in [0, 0.1) is 11.3 Å². The highest BCUT2D eigenvalue weighted by Crippen LogP contribution is 2.62. The maximum absolute atomic E-state index is 11.0. The minimum absolute atomic E-state index is 0.130. The van der Waals surface area contributed by atoms with Gasteiger partial charge in [0.25, 0.3) is 0 Å². The van der Waals surface area contributed by atoms with E-state index in [1.165, 1.54) is 6.42 Å². The molecule has 1 N–H and O–H groups in total. The van der Waals surface area contributed by atoms with Gasteiger partial charge in [-0.15, -0.1) is 0 Å². The lowest BCUT2D eigenvalue weighted by Gasteiger charge is -2.13. The van der Waals surface area contributed by atoms with E-state index in [-0.39, 0.29) is 11.2 Å². The Morgan fingerprint density at radius 1 is 1.64 bits per heavy atom. The molecule has 2 nitrogen and oxygen atoms in total. The third-order valence-electron chi connectivity index (χ3n) is 3.02. The molecule has 0 unspecified atom stereocenters. The van der Waals surface area contributed by atoms with Crippen molar-refractivity contribution in [3.8, 4) is 0 Å². The molecule has 3 aliphatic rings.